The zero-order valence-electron chi connectivity index (χ0n) is 6.38. The van der Waals surface area contributed by atoms with Crippen molar-refractivity contribution in [2.24, 2.45) is 0 Å². The minimum Gasteiger partial charge on any atom is -0.310 e. The van der Waals surface area contributed by atoms with Crippen molar-refractivity contribution in [3.05, 3.63) is 0 Å². The molecule has 1 fully saturated rings. The lowest BCUT2D eigenvalue weighted by Gasteiger charge is -2.22. The maximum Gasteiger partial charge on any atom is 0.324 e. The van der Waals surface area contributed by atoms with Gasteiger partial charge in [0, 0.05) is 0 Å². The fourth-order valence-corrected chi connectivity index (χ4v) is 1.34. The van der Waals surface area contributed by atoms with Crippen molar-refractivity contribution < 1.29 is 9.59 Å². The number of carbonyl (C=O) groups excluding carboxylic acids is 2. The van der Waals surface area contributed by atoms with Gasteiger partial charge in [-0.2, -0.15) is 0 Å². The number of carbonyl (C=O) groups is 2. The van der Waals surface area contributed by atoms with E-state index in [4.69, 9.17) is 11.6 Å². The molecule has 0 aromatic rings. The van der Waals surface area contributed by atoms with Crippen molar-refractivity contribution in [3.63, 3.8) is 0 Å². The first-order chi connectivity index (χ1) is 5.52. The Balaban J connectivity index is 2.64. The Bertz CT molecular complexity index is 222. The Morgan fingerprint density at radius 2 is 2.25 bits per heavy atom. The van der Waals surface area contributed by atoms with Crippen molar-refractivity contribution >= 4 is 39.5 Å². The summed E-state index contributed by atoms with van der Waals surface area (Å²) in [7, 11) is 0. The van der Waals surface area contributed by atoms with Crippen molar-refractivity contribution in [3.8, 4) is 0 Å². The van der Waals surface area contributed by atoms with Crippen LogP contribution in [-0.2, 0) is 4.79 Å². The number of alkyl halides is 2. The molecule has 1 aliphatic rings. The second-order valence-electron chi connectivity index (χ2n) is 2.56. The molecule has 68 valence electrons. The van der Waals surface area contributed by atoms with E-state index in [1.54, 1.807) is 6.92 Å². The predicted octanol–water partition coefficient (Wildman–Crippen LogP) is 0.887. The third-order valence-electron chi connectivity index (χ3n) is 1.68. The molecule has 2 unspecified atom stereocenters. The largest absolute Gasteiger partial charge is 0.324 e. The maximum absolute atomic E-state index is 11.0. The fourth-order valence-electron chi connectivity index (χ4n) is 0.922. The Kier molecular flexibility index (Phi) is 2.95. The van der Waals surface area contributed by atoms with E-state index in [1.165, 1.54) is 4.90 Å². The number of halogens is 2. The van der Waals surface area contributed by atoms with Crippen LogP contribution >= 0.6 is 27.5 Å². The highest BCUT2D eigenvalue weighted by atomic mass is 79.9. The van der Waals surface area contributed by atoms with Crippen molar-refractivity contribution in [2.75, 3.05) is 6.54 Å². The van der Waals surface area contributed by atoms with Crippen LogP contribution in [0.15, 0.2) is 0 Å². The number of rotatable bonds is 2. The summed E-state index contributed by atoms with van der Waals surface area (Å²) in [6, 6.07) is -0.573. The molecule has 4 nitrogen and oxygen atoms in total. The molecular formula is C6H8BrClN2O2. The highest BCUT2D eigenvalue weighted by Crippen LogP contribution is 2.17. The zero-order valence-corrected chi connectivity index (χ0v) is 8.72. The van der Waals surface area contributed by atoms with Crippen LogP contribution in [0, 0.1) is 0 Å². The minimum atomic E-state index is -0.377. The molecular weight excluding hydrogens is 247 g/mol. The van der Waals surface area contributed by atoms with Gasteiger partial charge in [0.25, 0.3) is 0 Å². The highest BCUT2D eigenvalue weighted by molar-refractivity contribution is 9.10. The molecule has 12 heavy (non-hydrogen) atoms. The number of nitrogens with zero attached hydrogens (tertiary/aromatic N) is 1. The van der Waals surface area contributed by atoms with Crippen LogP contribution in [0.1, 0.15) is 6.92 Å². The van der Waals surface area contributed by atoms with Gasteiger partial charge in [0.05, 0.1) is 6.04 Å². The lowest BCUT2D eigenvalue weighted by Crippen LogP contribution is -2.39. The summed E-state index contributed by atoms with van der Waals surface area (Å²) in [4.78, 5) is 23.2. The van der Waals surface area contributed by atoms with E-state index in [0.29, 0.717) is 0 Å². The van der Waals surface area contributed by atoms with Crippen LogP contribution in [0.2, 0.25) is 0 Å². The summed E-state index contributed by atoms with van der Waals surface area (Å²) < 4.78 is -0.339. The molecule has 6 heteroatoms. The molecule has 1 N–H and O–H groups in total. The average molecular weight is 255 g/mol. The monoisotopic (exact) mass is 254 g/mol. The van der Waals surface area contributed by atoms with Crippen LogP contribution in [0.5, 0.6) is 0 Å². The Labute approximate surface area is 83.4 Å². The fraction of sp³-hybridized carbons (Fsp3) is 0.667. The summed E-state index contributed by atoms with van der Waals surface area (Å²) in [5, 5.41) is 2.17. The number of nitrogens with one attached hydrogen (secondary N) is 1. The van der Waals surface area contributed by atoms with Gasteiger partial charge in [0.1, 0.15) is 10.8 Å². The molecule has 0 saturated carbocycles. The first kappa shape index (κ1) is 9.80. The standard InChI is InChI=1S/C6H8BrClN2O2/c1-3(5(7)8)10-2-4(11)9-6(10)12/h3,5H,2H2,1H3,(H,9,11,12). The SMILES string of the molecule is CC(C(Cl)Br)N1CC(=O)NC1=O. The number of urea groups is 1. The number of hydrogen-bond acceptors (Lipinski definition) is 2. The lowest BCUT2D eigenvalue weighted by molar-refractivity contribution is -0.118. The second-order valence-corrected chi connectivity index (χ2v) is 4.54. The normalized spacial score (nSPS) is 22.4. The summed E-state index contributed by atoms with van der Waals surface area (Å²) in [6.07, 6.45) is 0. The topological polar surface area (TPSA) is 49.4 Å². The Morgan fingerprint density at radius 1 is 1.67 bits per heavy atom. The quantitative estimate of drug-likeness (QED) is 0.588. The van der Waals surface area contributed by atoms with Crippen LogP contribution in [0.25, 0.3) is 0 Å². The second kappa shape index (κ2) is 3.62. The van der Waals surface area contributed by atoms with E-state index >= 15 is 0 Å². The third-order valence-corrected chi connectivity index (χ3v) is 2.81. The van der Waals surface area contributed by atoms with Gasteiger partial charge in [-0.3, -0.25) is 10.1 Å². The van der Waals surface area contributed by atoms with Crippen LogP contribution in [0.3, 0.4) is 0 Å². The van der Waals surface area contributed by atoms with Crippen LogP contribution in [0.4, 0.5) is 4.79 Å². The summed E-state index contributed by atoms with van der Waals surface area (Å²) in [5.41, 5.74) is 0. The van der Waals surface area contributed by atoms with Crippen molar-refractivity contribution in [2.45, 2.75) is 17.3 Å². The molecule has 0 spiro atoms. The molecule has 1 saturated heterocycles. The number of imide groups is 1. The Hall–Kier alpha value is -0.290. The zero-order chi connectivity index (χ0) is 9.30. The van der Waals surface area contributed by atoms with E-state index in [2.05, 4.69) is 21.2 Å². The average Bonchev–Trinajstić information content (AvgIpc) is 2.28. The van der Waals surface area contributed by atoms with Gasteiger partial charge in [-0.15, -0.1) is 11.6 Å². The van der Waals surface area contributed by atoms with E-state index < -0.39 is 0 Å². The number of amides is 3. The van der Waals surface area contributed by atoms with Gasteiger partial charge in [-0.1, -0.05) is 15.9 Å². The van der Waals surface area contributed by atoms with Gasteiger partial charge in [-0.05, 0) is 6.92 Å². The molecule has 0 aromatic carbocycles. The number of hydrogen-bond donors (Lipinski definition) is 1. The first-order valence-corrected chi connectivity index (χ1v) is 4.76. The summed E-state index contributed by atoms with van der Waals surface area (Å²) in [6.45, 7) is 1.86. The van der Waals surface area contributed by atoms with Gasteiger partial charge >= 0.3 is 6.03 Å². The molecule has 3 amide bonds. The third kappa shape index (κ3) is 1.90. The molecule has 0 aromatic heterocycles. The summed E-state index contributed by atoms with van der Waals surface area (Å²) in [5.74, 6) is -0.281. The first-order valence-electron chi connectivity index (χ1n) is 3.41. The summed E-state index contributed by atoms with van der Waals surface area (Å²) >= 11 is 8.83. The molecule has 1 rings (SSSR count). The Morgan fingerprint density at radius 3 is 2.58 bits per heavy atom. The van der Waals surface area contributed by atoms with E-state index in [1.807, 2.05) is 0 Å². The molecule has 0 bridgehead atoms. The molecule has 2 atom stereocenters. The van der Waals surface area contributed by atoms with Gasteiger partial charge in [-0.25, -0.2) is 4.79 Å². The molecule has 0 radical (unpaired) electrons. The van der Waals surface area contributed by atoms with Gasteiger partial charge < -0.3 is 4.90 Å². The molecule has 1 heterocycles. The van der Waals surface area contributed by atoms with Crippen LogP contribution in [-0.4, -0.2) is 33.7 Å². The van der Waals surface area contributed by atoms with Gasteiger partial charge in [0.2, 0.25) is 5.91 Å². The van der Waals surface area contributed by atoms with Gasteiger partial charge in [0.15, 0.2) is 0 Å². The molecule has 1 aliphatic heterocycles. The van der Waals surface area contributed by atoms with Crippen molar-refractivity contribution in [1.29, 1.82) is 0 Å². The van der Waals surface area contributed by atoms with Crippen LogP contribution < -0.4 is 5.32 Å². The minimum absolute atomic E-state index is 0.0921. The van der Waals surface area contributed by atoms with E-state index in [0.717, 1.165) is 0 Å². The maximum atomic E-state index is 11.0. The van der Waals surface area contributed by atoms with E-state index in [-0.39, 0.29) is 28.8 Å². The van der Waals surface area contributed by atoms with E-state index in [9.17, 15) is 9.59 Å². The smallest absolute Gasteiger partial charge is 0.310 e. The molecule has 0 aliphatic carbocycles. The lowest BCUT2D eigenvalue weighted by atomic mass is 10.3. The highest BCUT2D eigenvalue weighted by Gasteiger charge is 2.32. The van der Waals surface area contributed by atoms with Crippen molar-refractivity contribution in [1.82, 2.24) is 10.2 Å². The predicted molar refractivity (Wildman–Crippen MR) is 48.3 cm³/mol.